The van der Waals surface area contributed by atoms with Gasteiger partial charge in [-0.1, -0.05) is 18.6 Å². The zero-order chi connectivity index (χ0) is 10.2. The molecule has 1 unspecified atom stereocenters. The van der Waals surface area contributed by atoms with Crippen molar-refractivity contribution in [3.63, 3.8) is 0 Å². The molecule has 14 heavy (non-hydrogen) atoms. The van der Waals surface area contributed by atoms with Crippen LogP contribution in [0.3, 0.4) is 0 Å². The number of anilines is 1. The van der Waals surface area contributed by atoms with E-state index in [1.807, 2.05) is 0 Å². The topological polar surface area (TPSA) is 26.0 Å². The van der Waals surface area contributed by atoms with Gasteiger partial charge in [0.2, 0.25) is 0 Å². The predicted molar refractivity (Wildman–Crippen MR) is 56.7 cm³/mol. The van der Waals surface area contributed by atoms with E-state index in [9.17, 15) is 4.39 Å². The van der Waals surface area contributed by atoms with E-state index in [-0.39, 0.29) is 5.92 Å². The van der Waals surface area contributed by atoms with Crippen LogP contribution in [-0.2, 0) is 5.67 Å². The van der Waals surface area contributed by atoms with Gasteiger partial charge in [0.1, 0.15) is 5.67 Å². The quantitative estimate of drug-likeness (QED) is 0.717. The van der Waals surface area contributed by atoms with E-state index >= 15 is 0 Å². The van der Waals surface area contributed by atoms with Crippen molar-refractivity contribution in [1.29, 1.82) is 0 Å². The average molecular weight is 193 g/mol. The summed E-state index contributed by atoms with van der Waals surface area (Å²) in [4.78, 5) is 0. The molecular weight excluding hydrogens is 177 g/mol. The van der Waals surface area contributed by atoms with Crippen molar-refractivity contribution < 1.29 is 4.39 Å². The van der Waals surface area contributed by atoms with Crippen LogP contribution in [0.25, 0.3) is 0 Å². The zero-order valence-corrected chi connectivity index (χ0v) is 8.46. The third kappa shape index (κ3) is 1.49. The van der Waals surface area contributed by atoms with Crippen molar-refractivity contribution in [3.05, 3.63) is 29.8 Å². The highest BCUT2D eigenvalue weighted by atomic mass is 19.1. The van der Waals surface area contributed by atoms with Gasteiger partial charge < -0.3 is 5.73 Å². The smallest absolute Gasteiger partial charge is 0.136 e. The summed E-state index contributed by atoms with van der Waals surface area (Å²) >= 11 is 0. The van der Waals surface area contributed by atoms with Gasteiger partial charge in [0.15, 0.2) is 0 Å². The van der Waals surface area contributed by atoms with Gasteiger partial charge in [-0.15, -0.1) is 0 Å². The van der Waals surface area contributed by atoms with Crippen LogP contribution in [0.15, 0.2) is 24.3 Å². The maximum Gasteiger partial charge on any atom is 0.136 e. The number of nitrogens with two attached hydrogens (primary N) is 1. The molecule has 0 bridgehead atoms. The molecule has 1 atom stereocenters. The summed E-state index contributed by atoms with van der Waals surface area (Å²) in [7, 11) is 0. The first kappa shape index (κ1) is 9.50. The van der Waals surface area contributed by atoms with E-state index in [4.69, 9.17) is 5.73 Å². The molecule has 1 aromatic carbocycles. The predicted octanol–water partition coefficient (Wildman–Crippen LogP) is 3.25. The lowest BCUT2D eigenvalue weighted by molar-refractivity contribution is 0.0463. The molecule has 2 heteroatoms. The van der Waals surface area contributed by atoms with Crippen molar-refractivity contribution in [3.8, 4) is 0 Å². The molecule has 1 aromatic rings. The van der Waals surface area contributed by atoms with Crippen LogP contribution in [0.5, 0.6) is 0 Å². The van der Waals surface area contributed by atoms with Gasteiger partial charge in [0.05, 0.1) is 0 Å². The molecule has 0 heterocycles. The Labute approximate surface area is 84.1 Å². The number of rotatable bonds is 2. The molecule has 0 amide bonds. The van der Waals surface area contributed by atoms with Crippen LogP contribution in [0, 0.1) is 5.92 Å². The lowest BCUT2D eigenvalue weighted by atomic mass is 9.72. The Morgan fingerprint density at radius 3 is 2.29 bits per heavy atom. The summed E-state index contributed by atoms with van der Waals surface area (Å²) in [6.07, 6.45) is 3.19. The van der Waals surface area contributed by atoms with Crippen LogP contribution in [0.2, 0.25) is 0 Å². The highest BCUT2D eigenvalue weighted by Crippen LogP contribution is 2.45. The Hall–Kier alpha value is -1.05. The fourth-order valence-electron chi connectivity index (χ4n) is 2.00. The molecule has 1 aliphatic rings. The van der Waals surface area contributed by atoms with Gasteiger partial charge in [0, 0.05) is 5.69 Å². The van der Waals surface area contributed by atoms with Gasteiger partial charge in [-0.25, -0.2) is 4.39 Å². The number of nitrogen functional groups attached to an aromatic ring is 1. The molecule has 1 nitrogen and oxygen atoms in total. The van der Waals surface area contributed by atoms with Crippen molar-refractivity contribution in [1.82, 2.24) is 0 Å². The molecule has 0 aliphatic heterocycles. The number of halogens is 1. The van der Waals surface area contributed by atoms with E-state index in [1.165, 1.54) is 6.42 Å². The third-order valence-electron chi connectivity index (χ3n) is 3.35. The van der Waals surface area contributed by atoms with E-state index in [1.54, 1.807) is 31.2 Å². The SMILES string of the molecule is CC(F)(c1ccc(N)cc1)C1CCC1. The van der Waals surface area contributed by atoms with Crippen LogP contribution in [0.4, 0.5) is 10.1 Å². The first-order valence-corrected chi connectivity index (χ1v) is 5.15. The summed E-state index contributed by atoms with van der Waals surface area (Å²) in [5.41, 5.74) is 5.85. The summed E-state index contributed by atoms with van der Waals surface area (Å²) in [5, 5.41) is 0. The molecule has 1 fully saturated rings. The summed E-state index contributed by atoms with van der Waals surface area (Å²) < 4.78 is 14.4. The highest BCUT2D eigenvalue weighted by molar-refractivity contribution is 5.41. The first-order valence-electron chi connectivity index (χ1n) is 5.15. The Morgan fingerprint density at radius 2 is 1.86 bits per heavy atom. The maximum absolute atomic E-state index is 14.4. The molecule has 2 N–H and O–H groups in total. The first-order chi connectivity index (χ1) is 6.60. The fourth-order valence-corrected chi connectivity index (χ4v) is 2.00. The molecule has 0 radical (unpaired) electrons. The zero-order valence-electron chi connectivity index (χ0n) is 8.46. The van der Waals surface area contributed by atoms with E-state index in [0.717, 1.165) is 18.4 Å². The molecule has 1 saturated carbocycles. The minimum Gasteiger partial charge on any atom is -0.399 e. The van der Waals surface area contributed by atoms with Crippen molar-refractivity contribution in [2.75, 3.05) is 5.73 Å². The number of hydrogen-bond acceptors (Lipinski definition) is 1. The number of hydrogen-bond donors (Lipinski definition) is 1. The van der Waals surface area contributed by atoms with Crippen LogP contribution < -0.4 is 5.73 Å². The second-order valence-corrected chi connectivity index (χ2v) is 4.33. The van der Waals surface area contributed by atoms with Crippen molar-refractivity contribution in [2.24, 2.45) is 5.92 Å². The minimum atomic E-state index is -1.17. The summed E-state index contributed by atoms with van der Waals surface area (Å²) in [6, 6.07) is 7.14. The van der Waals surface area contributed by atoms with Gasteiger partial charge in [-0.05, 0) is 43.4 Å². The minimum absolute atomic E-state index is 0.200. The second-order valence-electron chi connectivity index (χ2n) is 4.33. The maximum atomic E-state index is 14.4. The van der Waals surface area contributed by atoms with Crippen LogP contribution >= 0.6 is 0 Å². The average Bonchev–Trinajstić information content (AvgIpc) is 2.00. The lowest BCUT2D eigenvalue weighted by Gasteiger charge is -2.37. The molecule has 0 spiro atoms. The Kier molecular flexibility index (Phi) is 2.22. The van der Waals surface area contributed by atoms with Gasteiger partial charge in [-0.3, -0.25) is 0 Å². The van der Waals surface area contributed by atoms with Crippen LogP contribution in [0.1, 0.15) is 31.7 Å². The summed E-state index contributed by atoms with van der Waals surface area (Å²) in [6.45, 7) is 1.68. The van der Waals surface area contributed by atoms with E-state index < -0.39 is 5.67 Å². The number of benzene rings is 1. The van der Waals surface area contributed by atoms with Gasteiger partial charge in [0.25, 0.3) is 0 Å². The van der Waals surface area contributed by atoms with E-state index in [2.05, 4.69) is 0 Å². The Morgan fingerprint density at radius 1 is 1.29 bits per heavy atom. The molecule has 0 aromatic heterocycles. The Bertz CT molecular complexity index is 312. The van der Waals surface area contributed by atoms with Crippen molar-refractivity contribution >= 4 is 5.69 Å². The normalized spacial score (nSPS) is 21.3. The number of alkyl halides is 1. The standard InChI is InChI=1S/C12H16FN/c1-12(13,9-3-2-4-9)10-5-7-11(14)8-6-10/h5-9H,2-4,14H2,1H3. The fraction of sp³-hybridized carbons (Fsp3) is 0.500. The largest absolute Gasteiger partial charge is 0.399 e. The van der Waals surface area contributed by atoms with Crippen molar-refractivity contribution in [2.45, 2.75) is 31.9 Å². The van der Waals surface area contributed by atoms with E-state index in [0.29, 0.717) is 5.69 Å². The van der Waals surface area contributed by atoms with Gasteiger partial charge >= 0.3 is 0 Å². The third-order valence-corrected chi connectivity index (χ3v) is 3.35. The highest BCUT2D eigenvalue weighted by Gasteiger charge is 2.39. The lowest BCUT2D eigenvalue weighted by Crippen LogP contribution is -2.32. The monoisotopic (exact) mass is 193 g/mol. The molecule has 76 valence electrons. The summed E-state index contributed by atoms with van der Waals surface area (Å²) in [5.74, 6) is 0.200. The molecular formula is C12H16FN. The molecule has 1 aliphatic carbocycles. The molecule has 2 rings (SSSR count). The second kappa shape index (κ2) is 3.26. The molecule has 0 saturated heterocycles. The Balaban J connectivity index is 2.23. The van der Waals surface area contributed by atoms with Gasteiger partial charge in [-0.2, -0.15) is 0 Å². The van der Waals surface area contributed by atoms with Crippen LogP contribution in [-0.4, -0.2) is 0 Å².